The summed E-state index contributed by atoms with van der Waals surface area (Å²) in [6, 6.07) is 0. The Morgan fingerprint density at radius 1 is 1.64 bits per heavy atom. The minimum Gasteiger partial charge on any atom is -0.248 e. The highest BCUT2D eigenvalue weighted by atomic mass is 32.2. The summed E-state index contributed by atoms with van der Waals surface area (Å²) in [4.78, 5) is 0. The molecular formula is C7H10O3S. The number of hydrogen-bond donors (Lipinski definition) is 0. The molecule has 62 valence electrons. The van der Waals surface area contributed by atoms with Gasteiger partial charge in [0.05, 0.1) is 5.41 Å². The third-order valence-corrected chi connectivity index (χ3v) is 1.93. The molecule has 0 saturated heterocycles. The van der Waals surface area contributed by atoms with Crippen molar-refractivity contribution in [3.63, 3.8) is 0 Å². The quantitative estimate of drug-likeness (QED) is 0.471. The average molecular weight is 174 g/mol. The van der Waals surface area contributed by atoms with Crippen molar-refractivity contribution in [1.82, 2.24) is 0 Å². The summed E-state index contributed by atoms with van der Waals surface area (Å²) in [5.41, 5.74) is -1.10. The van der Waals surface area contributed by atoms with Gasteiger partial charge in [-0.2, -0.15) is 8.42 Å². The monoisotopic (exact) mass is 174 g/mol. The zero-order valence-corrected chi connectivity index (χ0v) is 7.31. The van der Waals surface area contributed by atoms with Gasteiger partial charge in [0.25, 0.3) is 10.1 Å². The SMILES string of the molecule is C#CC(C)(C)OS(=O)(=O)C=C. The normalized spacial score (nSPS) is 12.1. The van der Waals surface area contributed by atoms with Crippen LogP contribution in [0.5, 0.6) is 0 Å². The van der Waals surface area contributed by atoms with E-state index in [9.17, 15) is 8.42 Å². The van der Waals surface area contributed by atoms with Gasteiger partial charge in [-0.25, -0.2) is 4.18 Å². The van der Waals surface area contributed by atoms with Gasteiger partial charge in [-0.1, -0.05) is 12.5 Å². The summed E-state index contributed by atoms with van der Waals surface area (Å²) in [7, 11) is -3.67. The molecule has 0 spiro atoms. The summed E-state index contributed by atoms with van der Waals surface area (Å²) >= 11 is 0. The highest BCUT2D eigenvalue weighted by Gasteiger charge is 2.21. The molecule has 0 atom stereocenters. The molecule has 0 amide bonds. The van der Waals surface area contributed by atoms with Crippen molar-refractivity contribution in [2.45, 2.75) is 19.4 Å². The zero-order chi connectivity index (χ0) is 9.12. The molecule has 0 aromatic rings. The molecule has 0 heterocycles. The van der Waals surface area contributed by atoms with Crippen LogP contribution in [0.4, 0.5) is 0 Å². The topological polar surface area (TPSA) is 43.4 Å². The third-order valence-electron chi connectivity index (χ3n) is 0.876. The molecule has 0 N–H and O–H groups in total. The van der Waals surface area contributed by atoms with Gasteiger partial charge < -0.3 is 0 Å². The Bertz CT molecular complexity index is 279. The first-order chi connectivity index (χ1) is 4.83. The predicted molar refractivity (Wildman–Crippen MR) is 43.1 cm³/mol. The summed E-state index contributed by atoms with van der Waals surface area (Å²) in [5, 5.41) is 0.714. The standard InChI is InChI=1S/C7H10O3S/c1-5-7(3,4)10-11(8,9)6-2/h1,6H,2H2,3-4H3. The summed E-state index contributed by atoms with van der Waals surface area (Å²) in [6.45, 7) is 6.03. The fraction of sp³-hybridized carbons (Fsp3) is 0.429. The molecule has 0 fully saturated rings. The number of hydrogen-bond acceptors (Lipinski definition) is 3. The van der Waals surface area contributed by atoms with Gasteiger partial charge in [-0.05, 0) is 13.8 Å². The van der Waals surface area contributed by atoms with Crippen LogP contribution in [-0.2, 0) is 14.3 Å². The van der Waals surface area contributed by atoms with E-state index in [2.05, 4.69) is 16.7 Å². The van der Waals surface area contributed by atoms with Crippen molar-refractivity contribution < 1.29 is 12.6 Å². The van der Waals surface area contributed by atoms with Gasteiger partial charge in [0.2, 0.25) is 0 Å². The van der Waals surface area contributed by atoms with Gasteiger partial charge in [0.1, 0.15) is 5.60 Å². The molecule has 0 aliphatic heterocycles. The second-order valence-corrected chi connectivity index (χ2v) is 3.88. The second-order valence-electron chi connectivity index (χ2n) is 2.40. The fourth-order valence-electron chi connectivity index (χ4n) is 0.348. The smallest absolute Gasteiger partial charge is 0.248 e. The predicted octanol–water partition coefficient (Wildman–Crippen LogP) is 0.888. The van der Waals surface area contributed by atoms with Crippen LogP contribution in [0.1, 0.15) is 13.8 Å². The van der Waals surface area contributed by atoms with Crippen molar-refractivity contribution >= 4 is 10.1 Å². The first-order valence-corrected chi connectivity index (χ1v) is 4.36. The van der Waals surface area contributed by atoms with Crippen LogP contribution < -0.4 is 0 Å². The molecule has 0 aromatic heterocycles. The van der Waals surface area contributed by atoms with Gasteiger partial charge in [-0.15, -0.1) is 6.42 Å². The van der Waals surface area contributed by atoms with Gasteiger partial charge in [-0.3, -0.25) is 0 Å². The molecular weight excluding hydrogens is 164 g/mol. The van der Waals surface area contributed by atoms with Gasteiger partial charge in [0, 0.05) is 0 Å². The molecule has 4 heteroatoms. The van der Waals surface area contributed by atoms with Crippen LogP contribution in [-0.4, -0.2) is 14.0 Å². The summed E-state index contributed by atoms with van der Waals surface area (Å²) in [5.74, 6) is 2.18. The Balaban J connectivity index is 4.55. The average Bonchev–Trinajstić information content (AvgIpc) is 1.86. The first kappa shape index (κ1) is 10.2. The molecule has 0 aliphatic carbocycles. The van der Waals surface area contributed by atoms with Crippen molar-refractivity contribution in [1.29, 1.82) is 0 Å². The van der Waals surface area contributed by atoms with E-state index in [1.165, 1.54) is 13.8 Å². The van der Waals surface area contributed by atoms with E-state index >= 15 is 0 Å². The molecule has 0 radical (unpaired) electrons. The van der Waals surface area contributed by atoms with Crippen LogP contribution in [0.3, 0.4) is 0 Å². The molecule has 0 aromatic carbocycles. The van der Waals surface area contributed by atoms with E-state index < -0.39 is 15.7 Å². The molecule has 11 heavy (non-hydrogen) atoms. The lowest BCUT2D eigenvalue weighted by Crippen LogP contribution is -2.24. The summed E-state index contributed by atoms with van der Waals surface area (Å²) in [6.07, 6.45) is 4.99. The van der Waals surface area contributed by atoms with Gasteiger partial charge in [0.15, 0.2) is 0 Å². The lowest BCUT2D eigenvalue weighted by atomic mass is 10.2. The van der Waals surface area contributed by atoms with Crippen LogP contribution in [0.2, 0.25) is 0 Å². The van der Waals surface area contributed by atoms with E-state index in [4.69, 9.17) is 6.42 Å². The molecule has 0 rings (SSSR count). The molecule has 0 saturated carbocycles. The molecule has 0 unspecified atom stereocenters. The molecule has 0 bridgehead atoms. The maximum absolute atomic E-state index is 10.7. The lowest BCUT2D eigenvalue weighted by Gasteiger charge is -2.15. The van der Waals surface area contributed by atoms with Crippen molar-refractivity contribution in [2.75, 3.05) is 0 Å². The Kier molecular flexibility index (Phi) is 2.85. The van der Waals surface area contributed by atoms with Gasteiger partial charge >= 0.3 is 0 Å². The molecule has 3 nitrogen and oxygen atoms in total. The van der Waals surface area contributed by atoms with E-state index in [-0.39, 0.29) is 0 Å². The molecule has 0 aliphatic rings. The summed E-state index contributed by atoms with van der Waals surface area (Å²) < 4.78 is 26.0. The third kappa shape index (κ3) is 3.81. The van der Waals surface area contributed by atoms with Crippen molar-refractivity contribution in [3.8, 4) is 12.3 Å². The lowest BCUT2D eigenvalue weighted by molar-refractivity contribution is 0.184. The Morgan fingerprint density at radius 3 is 2.36 bits per heavy atom. The maximum atomic E-state index is 10.7. The minimum atomic E-state index is -3.67. The largest absolute Gasteiger partial charge is 0.290 e. The van der Waals surface area contributed by atoms with Crippen LogP contribution >= 0.6 is 0 Å². The van der Waals surface area contributed by atoms with E-state index in [0.717, 1.165) is 0 Å². The Morgan fingerprint density at radius 2 is 2.09 bits per heavy atom. The number of terminal acetylenes is 1. The Labute approximate surface area is 67.2 Å². The zero-order valence-electron chi connectivity index (χ0n) is 6.49. The highest BCUT2D eigenvalue weighted by Crippen LogP contribution is 2.11. The van der Waals surface area contributed by atoms with Crippen LogP contribution in [0, 0.1) is 12.3 Å². The van der Waals surface area contributed by atoms with E-state index in [0.29, 0.717) is 5.41 Å². The minimum absolute atomic E-state index is 0.714. The maximum Gasteiger partial charge on any atom is 0.290 e. The Hall–Kier alpha value is -0.790. The van der Waals surface area contributed by atoms with Crippen molar-refractivity contribution in [2.24, 2.45) is 0 Å². The van der Waals surface area contributed by atoms with Crippen molar-refractivity contribution in [3.05, 3.63) is 12.0 Å². The van der Waals surface area contributed by atoms with E-state index in [1.54, 1.807) is 0 Å². The highest BCUT2D eigenvalue weighted by molar-refractivity contribution is 7.89. The fourth-order valence-corrected chi connectivity index (χ4v) is 1.05. The van der Waals surface area contributed by atoms with Crippen LogP contribution in [0.25, 0.3) is 0 Å². The second kappa shape index (κ2) is 3.07. The van der Waals surface area contributed by atoms with Crippen LogP contribution in [0.15, 0.2) is 12.0 Å². The first-order valence-electron chi connectivity index (χ1n) is 2.89. The number of rotatable bonds is 3. The van der Waals surface area contributed by atoms with E-state index in [1.807, 2.05) is 0 Å².